The van der Waals surface area contributed by atoms with Crippen LogP contribution in [0, 0.1) is 11.6 Å². The van der Waals surface area contributed by atoms with Crippen LogP contribution in [0.2, 0.25) is 0 Å². The molecule has 1 aromatic rings. The molecule has 9 heteroatoms. The number of hydrogen-bond acceptors (Lipinski definition) is 4. The molecule has 2 N–H and O–H groups in total. The lowest BCUT2D eigenvalue weighted by Gasteiger charge is -2.24. The van der Waals surface area contributed by atoms with E-state index in [4.69, 9.17) is 9.47 Å². The van der Waals surface area contributed by atoms with Gasteiger partial charge in [-0.25, -0.2) is 8.78 Å². The van der Waals surface area contributed by atoms with Crippen LogP contribution in [-0.2, 0) is 9.47 Å². The normalized spacial score (nSPS) is 17.9. The molecule has 1 aromatic carbocycles. The van der Waals surface area contributed by atoms with Crippen molar-refractivity contribution in [2.75, 3.05) is 53.6 Å². The summed E-state index contributed by atoms with van der Waals surface area (Å²) in [6.45, 7) is 5.70. The van der Waals surface area contributed by atoms with Gasteiger partial charge in [0.05, 0.1) is 25.3 Å². The molecule has 2 unspecified atom stereocenters. The maximum absolute atomic E-state index is 14.2. The van der Waals surface area contributed by atoms with Gasteiger partial charge in [0.2, 0.25) is 0 Å². The van der Waals surface area contributed by atoms with E-state index >= 15 is 0 Å². The molecule has 1 aliphatic rings. The summed E-state index contributed by atoms with van der Waals surface area (Å²) in [7, 11) is 3.58. The predicted molar refractivity (Wildman–Crippen MR) is 122 cm³/mol. The van der Waals surface area contributed by atoms with Crippen molar-refractivity contribution in [1.82, 2.24) is 15.5 Å². The minimum atomic E-state index is -0.556. The molecular weight excluding hydrogens is 493 g/mol. The molecule has 1 heterocycles. The molecule has 0 radical (unpaired) electrons. The Morgan fingerprint density at radius 2 is 2.03 bits per heavy atom. The Kier molecular flexibility index (Phi) is 12.6. The van der Waals surface area contributed by atoms with Crippen LogP contribution < -0.4 is 10.6 Å². The largest absolute Gasteiger partial charge is 0.379 e. The molecular formula is C20H33F2IN4O2. The first-order valence-electron chi connectivity index (χ1n) is 9.84. The van der Waals surface area contributed by atoms with E-state index in [0.717, 1.165) is 19.4 Å². The average Bonchev–Trinajstić information content (AvgIpc) is 3.16. The van der Waals surface area contributed by atoms with E-state index in [-0.39, 0.29) is 42.2 Å². The Labute approximate surface area is 189 Å². The fourth-order valence-electron chi connectivity index (χ4n) is 3.03. The zero-order valence-corrected chi connectivity index (χ0v) is 19.7. The van der Waals surface area contributed by atoms with E-state index in [1.165, 1.54) is 18.2 Å². The molecule has 166 valence electrons. The molecule has 1 saturated heterocycles. The predicted octanol–water partition coefficient (Wildman–Crippen LogP) is 2.94. The standard InChI is InChI=1S/C20H32F2N4O2.HI/c1-4-23-20(24-10-6-11-28-15-9-12-27-14-15)25-13-18(26(2)3)19-16(21)7-5-8-17(19)22;/h5,7-8,15,18H,4,6,9-14H2,1-3H3,(H2,23,24,25);1H. The lowest BCUT2D eigenvalue weighted by atomic mass is 10.0. The number of hydrogen-bond donors (Lipinski definition) is 2. The van der Waals surface area contributed by atoms with Gasteiger partial charge in [0.15, 0.2) is 5.96 Å². The number of halogens is 3. The minimum Gasteiger partial charge on any atom is -0.379 e. The van der Waals surface area contributed by atoms with E-state index in [1.54, 1.807) is 19.0 Å². The van der Waals surface area contributed by atoms with Crippen LogP contribution in [0.4, 0.5) is 8.78 Å². The molecule has 0 saturated carbocycles. The maximum atomic E-state index is 14.2. The van der Waals surface area contributed by atoms with E-state index in [9.17, 15) is 8.78 Å². The monoisotopic (exact) mass is 526 g/mol. The quantitative estimate of drug-likeness (QED) is 0.213. The Bertz CT molecular complexity index is 608. The third kappa shape index (κ3) is 8.69. The fraction of sp³-hybridized carbons (Fsp3) is 0.650. The Morgan fingerprint density at radius 1 is 1.31 bits per heavy atom. The molecule has 0 aliphatic carbocycles. The van der Waals surface area contributed by atoms with Gasteiger partial charge in [-0.3, -0.25) is 4.99 Å². The number of benzene rings is 1. The van der Waals surface area contributed by atoms with Crippen LogP contribution in [-0.4, -0.2) is 70.5 Å². The lowest BCUT2D eigenvalue weighted by molar-refractivity contribution is 0.0420. The van der Waals surface area contributed by atoms with Crippen LogP contribution in [0.1, 0.15) is 31.4 Å². The highest BCUT2D eigenvalue weighted by Gasteiger charge is 2.22. The van der Waals surface area contributed by atoms with Crippen molar-refractivity contribution in [2.24, 2.45) is 4.99 Å². The third-order valence-electron chi connectivity index (χ3n) is 4.58. The summed E-state index contributed by atoms with van der Waals surface area (Å²) in [6, 6.07) is 3.42. The molecule has 2 rings (SSSR count). The van der Waals surface area contributed by atoms with Gasteiger partial charge in [-0.1, -0.05) is 6.07 Å². The van der Waals surface area contributed by atoms with Gasteiger partial charge in [0.1, 0.15) is 11.6 Å². The summed E-state index contributed by atoms with van der Waals surface area (Å²) in [4.78, 5) is 6.30. The topological polar surface area (TPSA) is 58.1 Å². The first kappa shape index (κ1) is 26.0. The molecule has 2 atom stereocenters. The van der Waals surface area contributed by atoms with Crippen molar-refractivity contribution in [3.8, 4) is 0 Å². The van der Waals surface area contributed by atoms with Crippen LogP contribution in [0.5, 0.6) is 0 Å². The van der Waals surface area contributed by atoms with Gasteiger partial charge >= 0.3 is 0 Å². The summed E-state index contributed by atoms with van der Waals surface area (Å²) in [5.74, 6) is -0.491. The number of guanidine groups is 1. The first-order chi connectivity index (χ1) is 13.5. The Balaban J connectivity index is 0.00000420. The highest BCUT2D eigenvalue weighted by Crippen LogP contribution is 2.24. The summed E-state index contributed by atoms with van der Waals surface area (Å²) < 4.78 is 39.4. The van der Waals surface area contributed by atoms with E-state index < -0.39 is 17.7 Å². The summed E-state index contributed by atoms with van der Waals surface area (Å²) in [6.07, 6.45) is 1.99. The van der Waals surface area contributed by atoms with Crippen LogP contribution in [0.25, 0.3) is 0 Å². The average molecular weight is 526 g/mol. The Morgan fingerprint density at radius 3 is 2.62 bits per heavy atom. The second-order valence-corrected chi connectivity index (χ2v) is 6.97. The number of nitrogens with zero attached hydrogens (tertiary/aromatic N) is 2. The number of likely N-dealkylation sites (N-methyl/N-ethyl adjacent to an activating group) is 1. The molecule has 1 aliphatic heterocycles. The van der Waals surface area contributed by atoms with Crippen LogP contribution in [0.3, 0.4) is 0 Å². The smallest absolute Gasteiger partial charge is 0.191 e. The number of aliphatic imine (C=N–C) groups is 1. The Hall–Kier alpha value is -1.04. The second kappa shape index (κ2) is 14.1. The lowest BCUT2D eigenvalue weighted by Crippen LogP contribution is -2.39. The van der Waals surface area contributed by atoms with Crippen LogP contribution >= 0.6 is 24.0 Å². The van der Waals surface area contributed by atoms with Crippen molar-refractivity contribution < 1.29 is 18.3 Å². The highest BCUT2D eigenvalue weighted by atomic mass is 127. The van der Waals surface area contributed by atoms with Crippen molar-refractivity contribution in [2.45, 2.75) is 31.9 Å². The van der Waals surface area contributed by atoms with Gasteiger partial charge in [-0.2, -0.15) is 0 Å². The van der Waals surface area contributed by atoms with Crippen LogP contribution in [0.15, 0.2) is 23.2 Å². The van der Waals surface area contributed by atoms with Crippen molar-refractivity contribution in [1.29, 1.82) is 0 Å². The molecule has 0 bridgehead atoms. The summed E-state index contributed by atoms with van der Waals surface area (Å²) >= 11 is 0. The zero-order chi connectivity index (χ0) is 20.4. The molecule has 1 fully saturated rings. The van der Waals surface area contributed by atoms with Crippen molar-refractivity contribution >= 4 is 29.9 Å². The van der Waals surface area contributed by atoms with Gasteiger partial charge < -0.3 is 25.0 Å². The number of nitrogens with one attached hydrogen (secondary N) is 2. The maximum Gasteiger partial charge on any atom is 0.191 e. The van der Waals surface area contributed by atoms with E-state index in [0.29, 0.717) is 32.3 Å². The van der Waals surface area contributed by atoms with Gasteiger partial charge in [0, 0.05) is 31.9 Å². The zero-order valence-electron chi connectivity index (χ0n) is 17.4. The SMILES string of the molecule is CCNC(=NCC(c1c(F)cccc1F)N(C)C)NCCCOC1CCOC1.I. The fourth-order valence-corrected chi connectivity index (χ4v) is 3.03. The number of ether oxygens (including phenoxy) is 2. The summed E-state index contributed by atoms with van der Waals surface area (Å²) in [5, 5.41) is 6.40. The molecule has 6 nitrogen and oxygen atoms in total. The van der Waals surface area contributed by atoms with Gasteiger partial charge in [-0.05, 0) is 46.0 Å². The van der Waals surface area contributed by atoms with Crippen molar-refractivity contribution in [3.63, 3.8) is 0 Å². The van der Waals surface area contributed by atoms with E-state index in [1.807, 2.05) is 6.92 Å². The molecule has 29 heavy (non-hydrogen) atoms. The molecule has 0 aromatic heterocycles. The highest BCUT2D eigenvalue weighted by molar-refractivity contribution is 14.0. The van der Waals surface area contributed by atoms with Gasteiger partial charge in [0.25, 0.3) is 0 Å². The van der Waals surface area contributed by atoms with Crippen molar-refractivity contribution in [3.05, 3.63) is 35.4 Å². The first-order valence-corrected chi connectivity index (χ1v) is 9.84. The molecule has 0 spiro atoms. The molecule has 0 amide bonds. The third-order valence-corrected chi connectivity index (χ3v) is 4.58. The van der Waals surface area contributed by atoms with E-state index in [2.05, 4.69) is 15.6 Å². The summed E-state index contributed by atoms with van der Waals surface area (Å²) in [5.41, 5.74) is 0.0410. The minimum absolute atomic E-state index is 0. The van der Waals surface area contributed by atoms with Gasteiger partial charge in [-0.15, -0.1) is 24.0 Å². The number of rotatable bonds is 10. The second-order valence-electron chi connectivity index (χ2n) is 6.97.